The molecule has 6 heteroatoms. The third-order valence-electron chi connectivity index (χ3n) is 4.38. The fourth-order valence-electron chi connectivity index (χ4n) is 3.27. The first-order chi connectivity index (χ1) is 10.9. The number of carbonyl (C=O) groups excluding carboxylic acids is 1. The number of carbonyl (C=O) groups is 2. The summed E-state index contributed by atoms with van der Waals surface area (Å²) < 4.78 is 1.63. The van der Waals surface area contributed by atoms with Crippen molar-refractivity contribution in [2.24, 2.45) is 11.3 Å². The van der Waals surface area contributed by atoms with Crippen LogP contribution in [0.25, 0.3) is 10.9 Å². The molecule has 0 bridgehead atoms. The van der Waals surface area contributed by atoms with Gasteiger partial charge < -0.3 is 15.0 Å². The van der Waals surface area contributed by atoms with E-state index in [0.29, 0.717) is 24.4 Å². The molecular weight excluding hydrogens is 294 g/mol. The molecule has 0 radical (unpaired) electrons. The van der Waals surface area contributed by atoms with Crippen molar-refractivity contribution in [2.75, 3.05) is 5.32 Å². The summed E-state index contributed by atoms with van der Waals surface area (Å²) in [5.41, 5.74) is 0.492. The Morgan fingerprint density at radius 3 is 2.78 bits per heavy atom. The van der Waals surface area contributed by atoms with Crippen LogP contribution in [-0.4, -0.2) is 21.6 Å². The van der Waals surface area contributed by atoms with Crippen LogP contribution < -0.4 is 5.32 Å². The average molecular weight is 311 g/mol. The maximum atomic E-state index is 12.4. The van der Waals surface area contributed by atoms with Crippen molar-refractivity contribution < 1.29 is 14.7 Å². The predicted octanol–water partition coefficient (Wildman–Crippen LogP) is 2.60. The second kappa shape index (κ2) is 5.43. The van der Waals surface area contributed by atoms with Gasteiger partial charge in [-0.1, -0.05) is 6.92 Å². The number of hydrogen-bond donors (Lipinski definition) is 2. The van der Waals surface area contributed by atoms with E-state index in [1.165, 1.54) is 0 Å². The summed E-state index contributed by atoms with van der Waals surface area (Å²) in [4.78, 5) is 23.2. The largest absolute Gasteiger partial charge is 0.480 e. The molecule has 1 aliphatic rings. The van der Waals surface area contributed by atoms with Gasteiger partial charge in [0, 0.05) is 22.8 Å². The second-order valence-corrected chi connectivity index (χ2v) is 6.27. The lowest BCUT2D eigenvalue weighted by atomic mass is 9.63. The van der Waals surface area contributed by atoms with E-state index >= 15 is 0 Å². The number of nitrogens with zero attached hydrogens (tertiary/aromatic N) is 2. The lowest BCUT2D eigenvalue weighted by Gasteiger charge is -2.39. The summed E-state index contributed by atoms with van der Waals surface area (Å²) in [5, 5.41) is 21.8. The van der Waals surface area contributed by atoms with Gasteiger partial charge in [-0.3, -0.25) is 9.59 Å². The van der Waals surface area contributed by atoms with E-state index in [0.717, 1.165) is 10.9 Å². The van der Waals surface area contributed by atoms with Gasteiger partial charge in [0.05, 0.1) is 6.07 Å². The fraction of sp³-hybridized carbons (Fsp3) is 0.353. The van der Waals surface area contributed by atoms with E-state index in [2.05, 4.69) is 11.4 Å². The lowest BCUT2D eigenvalue weighted by Crippen LogP contribution is -2.45. The van der Waals surface area contributed by atoms with Gasteiger partial charge in [0.1, 0.15) is 12.0 Å². The van der Waals surface area contributed by atoms with E-state index in [1.807, 2.05) is 6.92 Å². The number of anilines is 1. The molecule has 0 saturated heterocycles. The molecule has 23 heavy (non-hydrogen) atoms. The minimum Gasteiger partial charge on any atom is -0.480 e. The summed E-state index contributed by atoms with van der Waals surface area (Å²) in [6, 6.07) is 9.24. The molecule has 0 unspecified atom stereocenters. The van der Waals surface area contributed by atoms with Crippen molar-refractivity contribution in [3.8, 4) is 6.07 Å². The monoisotopic (exact) mass is 311 g/mol. The normalized spacial score (nSPS) is 23.0. The first-order valence-electron chi connectivity index (χ1n) is 7.47. The third-order valence-corrected chi connectivity index (χ3v) is 4.38. The van der Waals surface area contributed by atoms with E-state index < -0.39 is 11.4 Å². The van der Waals surface area contributed by atoms with Gasteiger partial charge in [0.2, 0.25) is 5.91 Å². The molecule has 6 nitrogen and oxygen atoms in total. The van der Waals surface area contributed by atoms with Crippen molar-refractivity contribution in [1.29, 1.82) is 5.26 Å². The average Bonchev–Trinajstić information content (AvgIpc) is 2.85. The van der Waals surface area contributed by atoms with Crippen LogP contribution in [-0.2, 0) is 16.1 Å². The molecule has 1 heterocycles. The summed E-state index contributed by atoms with van der Waals surface area (Å²) in [7, 11) is 0. The molecule has 0 spiro atoms. The quantitative estimate of drug-likeness (QED) is 0.907. The Labute approximate surface area is 133 Å². The second-order valence-electron chi connectivity index (χ2n) is 6.27. The molecule has 1 fully saturated rings. The van der Waals surface area contributed by atoms with Crippen LogP contribution in [0.3, 0.4) is 0 Å². The molecule has 1 saturated carbocycles. The minimum atomic E-state index is -0.913. The van der Waals surface area contributed by atoms with Gasteiger partial charge in [-0.05, 0) is 43.0 Å². The Balaban J connectivity index is 1.80. The van der Waals surface area contributed by atoms with Crippen LogP contribution in [0.1, 0.15) is 19.8 Å². The molecule has 1 aliphatic carbocycles. The molecule has 0 aliphatic heterocycles. The molecular formula is C17H17N3O3. The first-order valence-corrected chi connectivity index (χ1v) is 7.47. The van der Waals surface area contributed by atoms with Gasteiger partial charge in [-0.2, -0.15) is 5.26 Å². The lowest BCUT2D eigenvalue weighted by molar-refractivity contribution is -0.137. The van der Waals surface area contributed by atoms with E-state index in [4.69, 9.17) is 5.11 Å². The summed E-state index contributed by atoms with van der Waals surface area (Å²) in [5.74, 6) is -0.773. The fourth-order valence-corrected chi connectivity index (χ4v) is 3.27. The molecule has 1 amide bonds. The van der Waals surface area contributed by atoms with Crippen LogP contribution >= 0.6 is 0 Å². The highest BCUT2D eigenvalue weighted by atomic mass is 16.4. The number of rotatable bonds is 4. The van der Waals surface area contributed by atoms with Crippen molar-refractivity contribution in [3.05, 3.63) is 30.5 Å². The van der Waals surface area contributed by atoms with Crippen LogP contribution in [0.2, 0.25) is 0 Å². The highest BCUT2D eigenvalue weighted by Crippen LogP contribution is 2.45. The summed E-state index contributed by atoms with van der Waals surface area (Å²) in [6.45, 7) is 1.92. The Hall–Kier alpha value is -2.81. The molecule has 3 rings (SSSR count). The zero-order valence-electron chi connectivity index (χ0n) is 12.7. The first kappa shape index (κ1) is 15.1. The molecule has 118 valence electrons. The number of hydrogen-bond acceptors (Lipinski definition) is 3. The van der Waals surface area contributed by atoms with Crippen molar-refractivity contribution in [3.63, 3.8) is 0 Å². The zero-order chi connectivity index (χ0) is 16.6. The summed E-state index contributed by atoms with van der Waals surface area (Å²) >= 11 is 0. The maximum absolute atomic E-state index is 12.4. The number of carboxylic acids is 1. The standard InChI is InChI=1S/C17H17N3O3/c1-11-7-17(8-11,10-18)16(23)19-13-2-3-14-12(6-13)4-5-20(14)9-15(21)22/h2-6,11H,7-9H2,1H3,(H,19,23)(H,21,22). The maximum Gasteiger partial charge on any atom is 0.323 e. The number of aliphatic carboxylic acids is 1. The molecule has 1 aromatic heterocycles. The van der Waals surface area contributed by atoms with Crippen molar-refractivity contribution >= 4 is 28.5 Å². The van der Waals surface area contributed by atoms with Crippen LogP contribution in [0.15, 0.2) is 30.5 Å². The van der Waals surface area contributed by atoms with Crippen molar-refractivity contribution in [2.45, 2.75) is 26.3 Å². The third kappa shape index (κ3) is 2.66. The number of nitriles is 1. The van der Waals surface area contributed by atoms with Gasteiger partial charge >= 0.3 is 5.97 Å². The van der Waals surface area contributed by atoms with Crippen LogP contribution in [0.4, 0.5) is 5.69 Å². The van der Waals surface area contributed by atoms with Crippen molar-refractivity contribution in [1.82, 2.24) is 4.57 Å². The van der Waals surface area contributed by atoms with Crippen LogP contribution in [0.5, 0.6) is 0 Å². The van der Waals surface area contributed by atoms with Crippen LogP contribution in [0, 0.1) is 22.7 Å². The SMILES string of the molecule is CC1CC(C#N)(C(=O)Nc2ccc3c(ccn3CC(=O)O)c2)C1. The van der Waals surface area contributed by atoms with Gasteiger partial charge in [0.25, 0.3) is 0 Å². The molecule has 1 aromatic carbocycles. The zero-order valence-corrected chi connectivity index (χ0v) is 12.7. The number of carboxylic acid groups (broad SMARTS) is 1. The van der Waals surface area contributed by atoms with Gasteiger partial charge in [-0.15, -0.1) is 0 Å². The number of aromatic nitrogens is 1. The topological polar surface area (TPSA) is 95.1 Å². The number of nitrogens with one attached hydrogen (secondary N) is 1. The molecule has 2 N–H and O–H groups in total. The predicted molar refractivity (Wildman–Crippen MR) is 84.6 cm³/mol. The number of amides is 1. The Morgan fingerprint density at radius 2 is 2.17 bits per heavy atom. The van der Waals surface area contributed by atoms with E-state index in [9.17, 15) is 14.9 Å². The van der Waals surface area contributed by atoms with E-state index in [-0.39, 0.29) is 12.5 Å². The van der Waals surface area contributed by atoms with E-state index in [1.54, 1.807) is 35.0 Å². The minimum absolute atomic E-state index is 0.107. The molecule has 2 aromatic rings. The van der Waals surface area contributed by atoms with Gasteiger partial charge in [0.15, 0.2) is 0 Å². The highest BCUT2D eigenvalue weighted by Gasteiger charge is 2.48. The van der Waals surface area contributed by atoms with Gasteiger partial charge in [-0.25, -0.2) is 0 Å². The smallest absolute Gasteiger partial charge is 0.323 e. The Bertz CT molecular complexity index is 825. The number of benzene rings is 1. The summed E-state index contributed by atoms with van der Waals surface area (Å²) in [6.07, 6.45) is 2.88. The molecule has 0 atom stereocenters. The highest BCUT2D eigenvalue weighted by molar-refractivity contribution is 5.99. The number of fused-ring (bicyclic) bond motifs is 1. The Morgan fingerprint density at radius 1 is 1.43 bits per heavy atom. The Kier molecular flexibility index (Phi) is 3.57.